The van der Waals surface area contributed by atoms with Gasteiger partial charge in [-0.15, -0.1) is 10.2 Å². The number of benzene rings is 2. The number of piperidine rings is 1. The Bertz CT molecular complexity index is 940. The summed E-state index contributed by atoms with van der Waals surface area (Å²) in [5.74, 6) is 0.526. The van der Waals surface area contributed by atoms with E-state index in [-0.39, 0.29) is 5.97 Å². The molecule has 0 bridgehead atoms. The predicted octanol–water partition coefficient (Wildman–Crippen LogP) is 4.26. The molecule has 0 N–H and O–H groups in total. The standard InChI is InChI=1S/C22H24N4O2S/c1-28-20(27)19(17-11-5-2-6-12-17)29-22-24-23-21(25-15-9-4-10-16-25)26(22)18-13-7-3-8-14-18/h2-3,5-8,11-14,19H,4,9-10,15-16H2,1H3. The average Bonchev–Trinajstić information content (AvgIpc) is 3.22. The van der Waals surface area contributed by atoms with Gasteiger partial charge >= 0.3 is 5.97 Å². The first kappa shape index (κ1) is 19.5. The third kappa shape index (κ3) is 4.29. The van der Waals surface area contributed by atoms with Gasteiger partial charge in [-0.05, 0) is 37.0 Å². The summed E-state index contributed by atoms with van der Waals surface area (Å²) in [5, 5.41) is 9.16. The van der Waals surface area contributed by atoms with Crippen molar-refractivity contribution in [1.82, 2.24) is 14.8 Å². The van der Waals surface area contributed by atoms with Crippen LogP contribution in [0.15, 0.2) is 65.8 Å². The van der Waals surface area contributed by atoms with E-state index in [1.807, 2.05) is 60.7 Å². The molecule has 6 nitrogen and oxygen atoms in total. The Kier molecular flexibility index (Phi) is 6.14. The number of aromatic nitrogens is 3. The molecule has 2 aromatic carbocycles. The number of carbonyl (C=O) groups excluding carboxylic acids is 1. The summed E-state index contributed by atoms with van der Waals surface area (Å²) in [6, 6.07) is 19.7. The molecule has 1 fully saturated rings. The summed E-state index contributed by atoms with van der Waals surface area (Å²) < 4.78 is 7.13. The molecule has 0 spiro atoms. The molecule has 7 heteroatoms. The molecule has 1 aliphatic rings. The van der Waals surface area contributed by atoms with E-state index in [2.05, 4.69) is 19.7 Å². The van der Waals surface area contributed by atoms with Gasteiger partial charge in [-0.3, -0.25) is 9.36 Å². The highest BCUT2D eigenvalue weighted by atomic mass is 32.2. The number of esters is 1. The van der Waals surface area contributed by atoms with Gasteiger partial charge in [0.2, 0.25) is 5.95 Å². The highest BCUT2D eigenvalue weighted by Gasteiger charge is 2.28. The van der Waals surface area contributed by atoms with Crippen LogP contribution in [0, 0.1) is 0 Å². The smallest absolute Gasteiger partial charge is 0.323 e. The second kappa shape index (κ2) is 9.13. The number of anilines is 1. The van der Waals surface area contributed by atoms with Gasteiger partial charge in [0.1, 0.15) is 5.25 Å². The zero-order chi connectivity index (χ0) is 20.1. The zero-order valence-corrected chi connectivity index (χ0v) is 17.2. The van der Waals surface area contributed by atoms with Crippen LogP contribution in [-0.2, 0) is 9.53 Å². The Balaban J connectivity index is 1.74. The van der Waals surface area contributed by atoms with Crippen molar-refractivity contribution in [2.75, 3.05) is 25.1 Å². The Hall–Kier alpha value is -2.80. The molecule has 29 heavy (non-hydrogen) atoms. The summed E-state index contributed by atoms with van der Waals surface area (Å²) in [5.41, 5.74) is 1.86. The van der Waals surface area contributed by atoms with Gasteiger partial charge in [0.15, 0.2) is 5.16 Å². The minimum absolute atomic E-state index is 0.302. The molecule has 0 radical (unpaired) electrons. The first-order chi connectivity index (χ1) is 14.3. The summed E-state index contributed by atoms with van der Waals surface area (Å²) in [4.78, 5) is 14.8. The summed E-state index contributed by atoms with van der Waals surface area (Å²) in [6.07, 6.45) is 3.55. The zero-order valence-electron chi connectivity index (χ0n) is 16.4. The third-order valence-corrected chi connectivity index (χ3v) is 6.19. The molecule has 0 amide bonds. The van der Waals surface area contributed by atoms with Crippen molar-refractivity contribution in [3.05, 3.63) is 66.2 Å². The number of para-hydroxylation sites is 1. The lowest BCUT2D eigenvalue weighted by molar-refractivity contribution is -0.140. The molecule has 0 saturated carbocycles. The molecule has 1 aliphatic heterocycles. The van der Waals surface area contributed by atoms with Gasteiger partial charge in [0.25, 0.3) is 0 Å². The van der Waals surface area contributed by atoms with Crippen molar-refractivity contribution >= 4 is 23.7 Å². The number of carbonyl (C=O) groups is 1. The first-order valence-electron chi connectivity index (χ1n) is 9.83. The number of ether oxygens (including phenoxy) is 1. The lowest BCUT2D eigenvalue weighted by atomic mass is 10.1. The Labute approximate surface area is 174 Å². The van der Waals surface area contributed by atoms with Crippen LogP contribution in [0.1, 0.15) is 30.1 Å². The molecule has 0 aliphatic carbocycles. The maximum Gasteiger partial charge on any atom is 0.323 e. The summed E-state index contributed by atoms with van der Waals surface area (Å²) >= 11 is 1.37. The molecule has 3 aromatic rings. The molecule has 1 saturated heterocycles. The fourth-order valence-electron chi connectivity index (χ4n) is 3.53. The number of hydrogen-bond acceptors (Lipinski definition) is 6. The molecule has 4 rings (SSSR count). The highest BCUT2D eigenvalue weighted by molar-refractivity contribution is 8.00. The van der Waals surface area contributed by atoms with Crippen LogP contribution in [0.25, 0.3) is 5.69 Å². The molecule has 1 aromatic heterocycles. The van der Waals surface area contributed by atoms with Crippen molar-refractivity contribution in [3.8, 4) is 5.69 Å². The maximum absolute atomic E-state index is 12.6. The largest absolute Gasteiger partial charge is 0.468 e. The van der Waals surface area contributed by atoms with Crippen LogP contribution in [0.2, 0.25) is 0 Å². The van der Waals surface area contributed by atoms with Crippen LogP contribution < -0.4 is 4.90 Å². The van der Waals surface area contributed by atoms with Crippen LogP contribution >= 0.6 is 11.8 Å². The van der Waals surface area contributed by atoms with Crippen LogP contribution in [0.5, 0.6) is 0 Å². The van der Waals surface area contributed by atoms with E-state index in [0.29, 0.717) is 5.16 Å². The number of nitrogens with zero attached hydrogens (tertiary/aromatic N) is 4. The fourth-order valence-corrected chi connectivity index (χ4v) is 4.61. The van der Waals surface area contributed by atoms with E-state index >= 15 is 0 Å². The van der Waals surface area contributed by atoms with Crippen LogP contribution in [0.4, 0.5) is 5.95 Å². The number of rotatable bonds is 6. The van der Waals surface area contributed by atoms with E-state index in [0.717, 1.165) is 43.1 Å². The van der Waals surface area contributed by atoms with Gasteiger partial charge in [-0.25, -0.2) is 0 Å². The molecule has 1 unspecified atom stereocenters. The highest BCUT2D eigenvalue weighted by Crippen LogP contribution is 2.38. The fraction of sp³-hybridized carbons (Fsp3) is 0.318. The average molecular weight is 409 g/mol. The quantitative estimate of drug-likeness (QED) is 0.449. The van der Waals surface area contributed by atoms with Crippen molar-refractivity contribution in [3.63, 3.8) is 0 Å². The van der Waals surface area contributed by atoms with Crippen molar-refractivity contribution < 1.29 is 9.53 Å². The topological polar surface area (TPSA) is 60.2 Å². The van der Waals surface area contributed by atoms with Crippen molar-refractivity contribution in [1.29, 1.82) is 0 Å². The lowest BCUT2D eigenvalue weighted by Gasteiger charge is -2.28. The van der Waals surface area contributed by atoms with E-state index in [1.165, 1.54) is 25.3 Å². The maximum atomic E-state index is 12.6. The SMILES string of the molecule is COC(=O)C(Sc1nnc(N2CCCCC2)n1-c1ccccc1)c1ccccc1. The molecular formula is C22H24N4O2S. The van der Waals surface area contributed by atoms with E-state index in [4.69, 9.17) is 4.74 Å². The van der Waals surface area contributed by atoms with Gasteiger partial charge in [-0.1, -0.05) is 60.3 Å². The number of hydrogen-bond donors (Lipinski definition) is 0. The van der Waals surface area contributed by atoms with Gasteiger partial charge in [-0.2, -0.15) is 0 Å². The second-order valence-corrected chi connectivity index (χ2v) is 8.01. The Morgan fingerprint density at radius 3 is 2.28 bits per heavy atom. The van der Waals surface area contributed by atoms with Gasteiger partial charge in [0.05, 0.1) is 12.8 Å². The molecule has 150 valence electrons. The van der Waals surface area contributed by atoms with Crippen molar-refractivity contribution in [2.45, 2.75) is 29.7 Å². The van der Waals surface area contributed by atoms with E-state index in [9.17, 15) is 4.79 Å². The summed E-state index contributed by atoms with van der Waals surface area (Å²) in [7, 11) is 1.42. The predicted molar refractivity (Wildman–Crippen MR) is 114 cm³/mol. The number of thioether (sulfide) groups is 1. The second-order valence-electron chi connectivity index (χ2n) is 6.93. The Morgan fingerprint density at radius 1 is 0.966 bits per heavy atom. The normalized spacial score (nSPS) is 15.1. The van der Waals surface area contributed by atoms with E-state index in [1.54, 1.807) is 0 Å². The lowest BCUT2D eigenvalue weighted by Crippen LogP contribution is -2.31. The third-order valence-electron chi connectivity index (χ3n) is 5.01. The summed E-state index contributed by atoms with van der Waals surface area (Å²) in [6.45, 7) is 1.93. The van der Waals surface area contributed by atoms with Gasteiger partial charge in [0, 0.05) is 13.1 Å². The minimum Gasteiger partial charge on any atom is -0.468 e. The first-order valence-corrected chi connectivity index (χ1v) is 10.7. The Morgan fingerprint density at radius 2 is 1.62 bits per heavy atom. The van der Waals surface area contributed by atoms with Crippen molar-refractivity contribution in [2.24, 2.45) is 0 Å². The van der Waals surface area contributed by atoms with Crippen LogP contribution in [-0.4, -0.2) is 40.9 Å². The van der Waals surface area contributed by atoms with Gasteiger partial charge < -0.3 is 9.64 Å². The minimum atomic E-state index is -0.512. The monoisotopic (exact) mass is 408 g/mol. The van der Waals surface area contributed by atoms with E-state index < -0.39 is 5.25 Å². The van der Waals surface area contributed by atoms with Crippen LogP contribution in [0.3, 0.4) is 0 Å². The number of methoxy groups -OCH3 is 1. The molecular weight excluding hydrogens is 384 g/mol. The molecule has 2 heterocycles. The molecule has 1 atom stereocenters.